The molecule has 6 heteroatoms. The number of ether oxygens (including phenoxy) is 1. The smallest absolute Gasteiger partial charge is 0.244 e. The van der Waals surface area contributed by atoms with Gasteiger partial charge in [0.2, 0.25) is 5.95 Å². The van der Waals surface area contributed by atoms with Gasteiger partial charge in [-0.25, -0.2) is 0 Å². The minimum absolute atomic E-state index is 0.261. The highest BCUT2D eigenvalue weighted by Gasteiger charge is 2.25. The fraction of sp³-hybridized carbons (Fsp3) is 0.800. The first kappa shape index (κ1) is 10.0. The first-order valence-corrected chi connectivity index (χ1v) is 5.83. The molecule has 2 aliphatic rings. The number of nitrogens with zero attached hydrogens (tertiary/aromatic N) is 3. The summed E-state index contributed by atoms with van der Waals surface area (Å²) in [5.41, 5.74) is 5.86. The van der Waals surface area contributed by atoms with E-state index >= 15 is 0 Å². The molecule has 2 fully saturated rings. The van der Waals surface area contributed by atoms with Crippen molar-refractivity contribution in [2.45, 2.75) is 24.8 Å². The molecule has 0 bridgehead atoms. The van der Waals surface area contributed by atoms with E-state index in [1.54, 1.807) is 0 Å². The Balaban J connectivity index is 1.72. The number of rotatable bonds is 2. The van der Waals surface area contributed by atoms with Crippen LogP contribution in [0.1, 0.15) is 24.6 Å². The maximum Gasteiger partial charge on any atom is 0.244 e. The quantitative estimate of drug-likeness (QED) is 0.728. The first-order chi connectivity index (χ1) is 7.83. The molecule has 2 atom stereocenters. The van der Waals surface area contributed by atoms with Crippen LogP contribution in [0, 0.1) is 0 Å². The number of H-pyrrole nitrogens is 1. The second-order valence-corrected chi connectivity index (χ2v) is 4.58. The fourth-order valence-corrected chi connectivity index (χ4v) is 2.31. The molecule has 1 aromatic heterocycles. The van der Waals surface area contributed by atoms with E-state index in [4.69, 9.17) is 10.5 Å². The number of aromatic amines is 1. The van der Waals surface area contributed by atoms with Gasteiger partial charge in [0.05, 0.1) is 6.61 Å². The molecule has 0 spiro atoms. The molecule has 2 aliphatic heterocycles. The van der Waals surface area contributed by atoms with Gasteiger partial charge < -0.3 is 15.4 Å². The molecule has 1 aromatic rings. The molecule has 88 valence electrons. The van der Waals surface area contributed by atoms with Crippen molar-refractivity contribution in [3.05, 3.63) is 5.82 Å². The summed E-state index contributed by atoms with van der Waals surface area (Å²) in [4.78, 5) is 6.67. The summed E-state index contributed by atoms with van der Waals surface area (Å²) >= 11 is 0. The minimum atomic E-state index is 0.261. The van der Waals surface area contributed by atoms with Crippen LogP contribution in [-0.4, -0.2) is 47.5 Å². The zero-order chi connectivity index (χ0) is 11.0. The lowest BCUT2D eigenvalue weighted by molar-refractivity contribution is 0.193. The van der Waals surface area contributed by atoms with Crippen LogP contribution in [0.25, 0.3) is 0 Å². The maximum absolute atomic E-state index is 5.86. The summed E-state index contributed by atoms with van der Waals surface area (Å²) in [5, 5.41) is 7.27. The summed E-state index contributed by atoms with van der Waals surface area (Å²) in [5.74, 6) is 2.13. The molecule has 0 amide bonds. The largest absolute Gasteiger partial charge is 0.381 e. The molecule has 0 radical (unpaired) electrons. The summed E-state index contributed by atoms with van der Waals surface area (Å²) in [6.45, 7) is 3.40. The molecule has 16 heavy (non-hydrogen) atoms. The van der Waals surface area contributed by atoms with Crippen molar-refractivity contribution >= 4 is 5.95 Å². The third-order valence-electron chi connectivity index (χ3n) is 3.31. The van der Waals surface area contributed by atoms with Gasteiger partial charge in [-0.15, -0.1) is 5.10 Å². The highest BCUT2D eigenvalue weighted by molar-refractivity contribution is 5.31. The average molecular weight is 223 g/mol. The molecule has 0 aliphatic carbocycles. The highest BCUT2D eigenvalue weighted by Crippen LogP contribution is 2.24. The Morgan fingerprint density at radius 3 is 3.06 bits per heavy atom. The molecule has 2 unspecified atom stereocenters. The Hall–Kier alpha value is -1.14. The van der Waals surface area contributed by atoms with Gasteiger partial charge in [-0.2, -0.15) is 4.98 Å². The van der Waals surface area contributed by atoms with E-state index in [0.29, 0.717) is 5.92 Å². The molecule has 3 rings (SSSR count). The van der Waals surface area contributed by atoms with Crippen molar-refractivity contribution in [3.8, 4) is 0 Å². The zero-order valence-electron chi connectivity index (χ0n) is 9.22. The summed E-state index contributed by atoms with van der Waals surface area (Å²) in [6.07, 6.45) is 2.06. The predicted octanol–water partition coefficient (Wildman–Crippen LogP) is -0.154. The van der Waals surface area contributed by atoms with Crippen LogP contribution in [0.3, 0.4) is 0 Å². The normalized spacial score (nSPS) is 30.2. The topological polar surface area (TPSA) is 80.1 Å². The van der Waals surface area contributed by atoms with Gasteiger partial charge in [-0.1, -0.05) is 0 Å². The Morgan fingerprint density at radius 2 is 2.38 bits per heavy atom. The van der Waals surface area contributed by atoms with Crippen molar-refractivity contribution in [2.75, 3.05) is 31.2 Å². The van der Waals surface area contributed by atoms with Crippen LogP contribution in [0.5, 0.6) is 0 Å². The zero-order valence-corrected chi connectivity index (χ0v) is 9.22. The second-order valence-electron chi connectivity index (χ2n) is 4.58. The molecular weight excluding hydrogens is 206 g/mol. The number of nitrogens with two attached hydrogens (primary N) is 1. The third-order valence-corrected chi connectivity index (χ3v) is 3.31. The Labute approximate surface area is 94.2 Å². The number of hydrogen-bond donors (Lipinski definition) is 2. The van der Waals surface area contributed by atoms with Crippen LogP contribution in [0.15, 0.2) is 0 Å². The number of hydrogen-bond acceptors (Lipinski definition) is 5. The lowest BCUT2D eigenvalue weighted by atomic mass is 10.1. The van der Waals surface area contributed by atoms with Crippen molar-refractivity contribution in [2.24, 2.45) is 5.73 Å². The SMILES string of the molecule is NC1CCN(c2n[nH]c(C3CCOC3)n2)C1. The predicted molar refractivity (Wildman–Crippen MR) is 59.4 cm³/mol. The number of aromatic nitrogens is 3. The van der Waals surface area contributed by atoms with E-state index < -0.39 is 0 Å². The van der Waals surface area contributed by atoms with E-state index in [-0.39, 0.29) is 6.04 Å². The molecule has 2 saturated heterocycles. The van der Waals surface area contributed by atoms with E-state index in [0.717, 1.165) is 50.9 Å². The van der Waals surface area contributed by atoms with Crippen LogP contribution in [-0.2, 0) is 4.74 Å². The molecule has 6 nitrogen and oxygen atoms in total. The van der Waals surface area contributed by atoms with Gasteiger partial charge in [0.1, 0.15) is 5.82 Å². The summed E-state index contributed by atoms with van der Waals surface area (Å²) in [6, 6.07) is 0.261. The molecule has 3 N–H and O–H groups in total. The van der Waals surface area contributed by atoms with Gasteiger partial charge in [-0.3, -0.25) is 5.10 Å². The van der Waals surface area contributed by atoms with Crippen molar-refractivity contribution < 1.29 is 4.74 Å². The fourth-order valence-electron chi connectivity index (χ4n) is 2.31. The van der Waals surface area contributed by atoms with E-state index in [1.165, 1.54) is 0 Å². The number of nitrogens with one attached hydrogen (secondary N) is 1. The van der Waals surface area contributed by atoms with Gasteiger partial charge >= 0.3 is 0 Å². The molecular formula is C10H17N5O. The molecule has 0 aromatic carbocycles. The maximum atomic E-state index is 5.86. The van der Waals surface area contributed by atoms with E-state index in [2.05, 4.69) is 20.1 Å². The third kappa shape index (κ3) is 1.78. The van der Waals surface area contributed by atoms with Gasteiger partial charge in [0.15, 0.2) is 0 Å². The Bertz CT molecular complexity index is 360. The second kappa shape index (κ2) is 4.03. The van der Waals surface area contributed by atoms with Crippen molar-refractivity contribution in [3.63, 3.8) is 0 Å². The standard InChI is InChI=1S/C10H17N5O/c11-8-1-3-15(5-8)10-12-9(13-14-10)7-2-4-16-6-7/h7-8H,1-6,11H2,(H,12,13,14). The molecule has 3 heterocycles. The average Bonchev–Trinajstić information content (AvgIpc) is 2.97. The van der Waals surface area contributed by atoms with E-state index in [9.17, 15) is 0 Å². The summed E-state index contributed by atoms with van der Waals surface area (Å²) in [7, 11) is 0. The first-order valence-electron chi connectivity index (χ1n) is 5.83. The minimum Gasteiger partial charge on any atom is -0.381 e. The van der Waals surface area contributed by atoms with E-state index in [1.807, 2.05) is 0 Å². The number of anilines is 1. The Morgan fingerprint density at radius 1 is 1.44 bits per heavy atom. The van der Waals surface area contributed by atoms with Crippen LogP contribution < -0.4 is 10.6 Å². The van der Waals surface area contributed by atoms with Crippen molar-refractivity contribution in [1.29, 1.82) is 0 Å². The van der Waals surface area contributed by atoms with Gasteiger partial charge in [0, 0.05) is 31.7 Å². The summed E-state index contributed by atoms with van der Waals surface area (Å²) < 4.78 is 5.34. The Kier molecular flexibility index (Phi) is 2.53. The highest BCUT2D eigenvalue weighted by atomic mass is 16.5. The monoisotopic (exact) mass is 223 g/mol. The van der Waals surface area contributed by atoms with Crippen LogP contribution >= 0.6 is 0 Å². The van der Waals surface area contributed by atoms with Crippen LogP contribution in [0.4, 0.5) is 5.95 Å². The van der Waals surface area contributed by atoms with Crippen molar-refractivity contribution in [1.82, 2.24) is 15.2 Å². The lowest BCUT2D eigenvalue weighted by Crippen LogP contribution is -2.27. The van der Waals surface area contributed by atoms with Gasteiger partial charge in [-0.05, 0) is 12.8 Å². The lowest BCUT2D eigenvalue weighted by Gasteiger charge is -2.11. The molecule has 0 saturated carbocycles. The van der Waals surface area contributed by atoms with Gasteiger partial charge in [0.25, 0.3) is 0 Å². The van der Waals surface area contributed by atoms with Crippen LogP contribution in [0.2, 0.25) is 0 Å².